The first-order chi connectivity index (χ1) is 11.5. The number of hydrogen-bond acceptors (Lipinski definition) is 5. The van der Waals surface area contributed by atoms with Crippen LogP contribution in [-0.4, -0.2) is 44.5 Å². The molecule has 3 rings (SSSR count). The Hall–Kier alpha value is -1.73. The number of carbonyl (C=O) groups is 1. The third-order valence-electron chi connectivity index (χ3n) is 4.10. The molecule has 1 fully saturated rings. The number of nitrogen functional groups attached to an aromatic ring is 1. The van der Waals surface area contributed by atoms with E-state index < -0.39 is 0 Å². The minimum Gasteiger partial charge on any atom is -0.342 e. The van der Waals surface area contributed by atoms with Crippen molar-refractivity contribution in [3.63, 3.8) is 0 Å². The van der Waals surface area contributed by atoms with Crippen LogP contribution in [0.15, 0.2) is 29.4 Å². The Morgan fingerprint density at radius 2 is 2.12 bits per heavy atom. The van der Waals surface area contributed by atoms with Crippen molar-refractivity contribution in [2.45, 2.75) is 24.9 Å². The summed E-state index contributed by atoms with van der Waals surface area (Å²) in [4.78, 5) is 14.3. The first-order valence-corrected chi connectivity index (χ1v) is 9.28. The lowest BCUT2D eigenvalue weighted by Gasteiger charge is -2.30. The molecule has 1 amide bonds. The number of halogens is 1. The van der Waals surface area contributed by atoms with Crippen molar-refractivity contribution < 1.29 is 4.79 Å². The van der Waals surface area contributed by atoms with Gasteiger partial charge in [0.15, 0.2) is 5.82 Å². The lowest BCUT2D eigenvalue weighted by Crippen LogP contribution is -2.40. The van der Waals surface area contributed by atoms with E-state index in [1.54, 1.807) is 12.1 Å². The maximum atomic E-state index is 12.3. The van der Waals surface area contributed by atoms with Crippen LogP contribution in [0.3, 0.4) is 0 Å². The highest BCUT2D eigenvalue weighted by molar-refractivity contribution is 7.99. The molecule has 0 spiro atoms. The van der Waals surface area contributed by atoms with Crippen molar-refractivity contribution in [1.29, 1.82) is 0 Å². The summed E-state index contributed by atoms with van der Waals surface area (Å²) >= 11 is 7.21. The Kier molecular flexibility index (Phi) is 5.30. The van der Waals surface area contributed by atoms with Crippen LogP contribution < -0.4 is 5.84 Å². The standard InChI is InChI=1S/C16H20ClN5OS/c1-11-3-2-8-21(9-11)14(23)10-24-16-20-19-15(22(16)18)12-4-6-13(17)7-5-12/h4-7,11H,2-3,8-10,18H2,1H3. The van der Waals surface area contributed by atoms with E-state index in [1.165, 1.54) is 22.9 Å². The lowest BCUT2D eigenvalue weighted by atomic mass is 10.0. The van der Waals surface area contributed by atoms with Crippen LogP contribution in [0.5, 0.6) is 0 Å². The van der Waals surface area contributed by atoms with Gasteiger partial charge in [0.1, 0.15) is 0 Å². The van der Waals surface area contributed by atoms with Crippen LogP contribution in [0.4, 0.5) is 0 Å². The summed E-state index contributed by atoms with van der Waals surface area (Å²) in [7, 11) is 0. The molecule has 1 aliphatic rings. The van der Waals surface area contributed by atoms with Gasteiger partial charge in [-0.1, -0.05) is 30.3 Å². The molecule has 1 atom stereocenters. The van der Waals surface area contributed by atoms with Gasteiger partial charge in [-0.25, -0.2) is 4.68 Å². The zero-order valence-corrected chi connectivity index (χ0v) is 15.1. The number of piperidine rings is 1. The van der Waals surface area contributed by atoms with Gasteiger partial charge in [0.25, 0.3) is 0 Å². The largest absolute Gasteiger partial charge is 0.342 e. The Morgan fingerprint density at radius 3 is 2.83 bits per heavy atom. The molecule has 1 saturated heterocycles. The number of aromatic nitrogens is 3. The van der Waals surface area contributed by atoms with Gasteiger partial charge in [-0.2, -0.15) is 0 Å². The van der Waals surface area contributed by atoms with Crippen LogP contribution in [0.2, 0.25) is 5.02 Å². The van der Waals surface area contributed by atoms with E-state index in [4.69, 9.17) is 17.4 Å². The van der Waals surface area contributed by atoms with Gasteiger partial charge in [-0.15, -0.1) is 10.2 Å². The second-order valence-electron chi connectivity index (χ2n) is 6.06. The third kappa shape index (κ3) is 3.84. The number of benzene rings is 1. The van der Waals surface area contributed by atoms with Crippen LogP contribution >= 0.6 is 23.4 Å². The topological polar surface area (TPSA) is 77.0 Å². The van der Waals surface area contributed by atoms with Crippen molar-refractivity contribution in [3.05, 3.63) is 29.3 Å². The Balaban J connectivity index is 1.64. The molecule has 1 unspecified atom stereocenters. The molecule has 2 heterocycles. The summed E-state index contributed by atoms with van der Waals surface area (Å²) in [5.41, 5.74) is 0.831. The van der Waals surface area contributed by atoms with Gasteiger partial charge in [0, 0.05) is 23.7 Å². The zero-order valence-electron chi connectivity index (χ0n) is 13.5. The van der Waals surface area contributed by atoms with Gasteiger partial charge in [0.05, 0.1) is 5.75 Å². The summed E-state index contributed by atoms with van der Waals surface area (Å²) in [5, 5.41) is 9.39. The maximum Gasteiger partial charge on any atom is 0.233 e. The molecule has 1 aliphatic heterocycles. The molecular formula is C16H20ClN5OS. The first kappa shape index (κ1) is 17.1. The van der Waals surface area contributed by atoms with Crippen LogP contribution in [0.25, 0.3) is 11.4 Å². The number of nitrogens with zero attached hydrogens (tertiary/aromatic N) is 4. The molecule has 0 radical (unpaired) electrons. The quantitative estimate of drug-likeness (QED) is 0.665. The van der Waals surface area contributed by atoms with Gasteiger partial charge < -0.3 is 10.7 Å². The first-order valence-electron chi connectivity index (χ1n) is 7.91. The van der Waals surface area contributed by atoms with Crippen molar-refractivity contribution in [2.75, 3.05) is 24.7 Å². The number of thioether (sulfide) groups is 1. The van der Waals surface area contributed by atoms with Crippen molar-refractivity contribution in [1.82, 2.24) is 19.8 Å². The zero-order chi connectivity index (χ0) is 17.1. The van der Waals surface area contributed by atoms with E-state index in [0.717, 1.165) is 25.1 Å². The molecule has 6 nitrogen and oxygen atoms in total. The molecular weight excluding hydrogens is 346 g/mol. The Bertz CT molecular complexity index is 718. The fourth-order valence-corrected chi connectivity index (χ4v) is 3.69. The van der Waals surface area contributed by atoms with Crippen molar-refractivity contribution >= 4 is 29.3 Å². The Labute approximate surface area is 150 Å². The monoisotopic (exact) mass is 365 g/mol. The van der Waals surface area contributed by atoms with Crippen LogP contribution in [-0.2, 0) is 4.79 Å². The third-order valence-corrected chi connectivity index (χ3v) is 5.28. The predicted molar refractivity (Wildman–Crippen MR) is 96.3 cm³/mol. The number of likely N-dealkylation sites (tertiary alicyclic amines) is 1. The minimum absolute atomic E-state index is 0.127. The summed E-state index contributed by atoms with van der Waals surface area (Å²) in [5.74, 6) is 7.64. The predicted octanol–water partition coefficient (Wildman–Crippen LogP) is 2.66. The molecule has 0 aliphatic carbocycles. The number of hydrogen-bond donors (Lipinski definition) is 1. The molecule has 1 aromatic heterocycles. The fourth-order valence-electron chi connectivity index (χ4n) is 2.80. The van der Waals surface area contributed by atoms with E-state index in [0.29, 0.717) is 27.7 Å². The van der Waals surface area contributed by atoms with E-state index in [-0.39, 0.29) is 5.91 Å². The van der Waals surface area contributed by atoms with E-state index >= 15 is 0 Å². The van der Waals surface area contributed by atoms with Crippen LogP contribution in [0, 0.1) is 5.92 Å². The SMILES string of the molecule is CC1CCCN(C(=O)CSc2nnc(-c3ccc(Cl)cc3)n2N)C1. The maximum absolute atomic E-state index is 12.3. The highest BCUT2D eigenvalue weighted by Gasteiger charge is 2.22. The second kappa shape index (κ2) is 7.44. The smallest absolute Gasteiger partial charge is 0.233 e. The number of carbonyl (C=O) groups excluding carboxylic acids is 1. The van der Waals surface area contributed by atoms with Crippen molar-refractivity contribution in [3.8, 4) is 11.4 Å². The molecule has 2 aromatic rings. The second-order valence-corrected chi connectivity index (χ2v) is 7.44. The fraction of sp³-hybridized carbons (Fsp3) is 0.438. The highest BCUT2D eigenvalue weighted by Crippen LogP contribution is 2.24. The number of rotatable bonds is 4. The minimum atomic E-state index is 0.127. The Morgan fingerprint density at radius 1 is 1.38 bits per heavy atom. The highest BCUT2D eigenvalue weighted by atomic mass is 35.5. The lowest BCUT2D eigenvalue weighted by molar-refractivity contribution is -0.130. The van der Waals surface area contributed by atoms with E-state index in [9.17, 15) is 4.79 Å². The summed E-state index contributed by atoms with van der Waals surface area (Å²) in [6, 6.07) is 7.23. The number of nitrogens with two attached hydrogens (primary N) is 1. The summed E-state index contributed by atoms with van der Waals surface area (Å²) in [6.07, 6.45) is 2.27. The molecule has 24 heavy (non-hydrogen) atoms. The van der Waals surface area contributed by atoms with Crippen LogP contribution in [0.1, 0.15) is 19.8 Å². The number of amides is 1. The van der Waals surface area contributed by atoms with Gasteiger partial charge in [-0.05, 0) is 43.0 Å². The molecule has 1 aromatic carbocycles. The molecule has 0 saturated carbocycles. The van der Waals surface area contributed by atoms with Gasteiger partial charge in [-0.3, -0.25) is 4.79 Å². The van der Waals surface area contributed by atoms with E-state index in [1.807, 2.05) is 17.0 Å². The normalized spacial score (nSPS) is 17.9. The van der Waals surface area contributed by atoms with Crippen molar-refractivity contribution in [2.24, 2.45) is 5.92 Å². The van der Waals surface area contributed by atoms with Gasteiger partial charge in [0.2, 0.25) is 11.1 Å². The molecule has 2 N–H and O–H groups in total. The molecule has 8 heteroatoms. The average Bonchev–Trinajstić information content (AvgIpc) is 2.94. The molecule has 0 bridgehead atoms. The summed E-state index contributed by atoms with van der Waals surface area (Å²) in [6.45, 7) is 3.86. The van der Waals surface area contributed by atoms with E-state index in [2.05, 4.69) is 17.1 Å². The summed E-state index contributed by atoms with van der Waals surface area (Å²) < 4.78 is 1.42. The average molecular weight is 366 g/mol. The van der Waals surface area contributed by atoms with Gasteiger partial charge >= 0.3 is 0 Å². The molecule has 128 valence electrons.